The van der Waals surface area contributed by atoms with Gasteiger partial charge < -0.3 is 10.1 Å². The maximum Gasteiger partial charge on any atom is 0.234 e. The van der Waals surface area contributed by atoms with Crippen LogP contribution in [0.4, 0.5) is 10.1 Å². The van der Waals surface area contributed by atoms with E-state index in [0.29, 0.717) is 11.6 Å². The Balaban J connectivity index is 1.52. The number of ether oxygens (including phenoxy) is 1. The van der Waals surface area contributed by atoms with E-state index < -0.39 is 5.82 Å². The Kier molecular flexibility index (Phi) is 7.36. The second kappa shape index (κ2) is 10.8. The molecule has 1 heterocycles. The molecule has 0 bridgehead atoms. The van der Waals surface area contributed by atoms with Crippen LogP contribution in [0.2, 0.25) is 0 Å². The number of benzene rings is 3. The molecule has 0 aliphatic carbocycles. The van der Waals surface area contributed by atoms with Gasteiger partial charge >= 0.3 is 0 Å². The van der Waals surface area contributed by atoms with E-state index in [-0.39, 0.29) is 17.3 Å². The summed E-state index contributed by atoms with van der Waals surface area (Å²) < 4.78 is 21.0. The molecule has 33 heavy (non-hydrogen) atoms. The number of thioether (sulfide) groups is 1. The second-order valence-electron chi connectivity index (χ2n) is 7.23. The van der Waals surface area contributed by atoms with Gasteiger partial charge in [0.1, 0.15) is 17.4 Å². The van der Waals surface area contributed by atoms with E-state index in [1.165, 1.54) is 29.5 Å². The number of nitrogens with one attached hydrogen (secondary N) is 1. The Labute approximate surface area is 195 Å². The van der Waals surface area contributed by atoms with Gasteiger partial charge in [0.15, 0.2) is 5.16 Å². The highest BCUT2D eigenvalue weighted by Gasteiger charge is 2.17. The fraction of sp³-hybridized carbons (Fsp3) is 0.160. The van der Waals surface area contributed by atoms with Crippen molar-refractivity contribution in [2.24, 2.45) is 0 Å². The third-order valence-corrected chi connectivity index (χ3v) is 5.92. The van der Waals surface area contributed by atoms with Gasteiger partial charge in [-0.15, -0.1) is 10.2 Å². The number of aromatic nitrogens is 3. The molecule has 1 N–H and O–H groups in total. The molecule has 3 aromatic carbocycles. The molecule has 4 aromatic rings. The molecule has 8 heteroatoms. The summed E-state index contributed by atoms with van der Waals surface area (Å²) in [6, 6.07) is 23.9. The van der Waals surface area contributed by atoms with Crippen LogP contribution in [0.25, 0.3) is 5.69 Å². The quantitative estimate of drug-likeness (QED) is 0.357. The van der Waals surface area contributed by atoms with Crippen molar-refractivity contribution in [2.75, 3.05) is 18.2 Å². The van der Waals surface area contributed by atoms with Crippen LogP contribution in [0, 0.1) is 5.82 Å². The van der Waals surface area contributed by atoms with Crippen molar-refractivity contribution in [3.63, 3.8) is 0 Å². The van der Waals surface area contributed by atoms with Crippen LogP contribution in [-0.2, 0) is 17.6 Å². The SMILES string of the molecule is COc1ccc(-n2c(CCc3ccccc3)nnc2SCC(=O)Nc2ccccc2F)cc1. The van der Waals surface area contributed by atoms with Gasteiger partial charge in [0, 0.05) is 12.1 Å². The Hall–Kier alpha value is -3.65. The lowest BCUT2D eigenvalue weighted by Crippen LogP contribution is -2.15. The first kappa shape index (κ1) is 22.5. The molecule has 0 spiro atoms. The molecule has 0 radical (unpaired) electrons. The smallest absolute Gasteiger partial charge is 0.234 e. The second-order valence-corrected chi connectivity index (χ2v) is 8.18. The topological polar surface area (TPSA) is 69.0 Å². The van der Waals surface area contributed by atoms with Crippen molar-refractivity contribution in [3.8, 4) is 11.4 Å². The van der Waals surface area contributed by atoms with Crippen LogP contribution in [0.1, 0.15) is 11.4 Å². The Bertz CT molecular complexity index is 1210. The first-order chi connectivity index (χ1) is 16.1. The lowest BCUT2D eigenvalue weighted by Gasteiger charge is -2.11. The average Bonchev–Trinajstić information content (AvgIpc) is 3.26. The highest BCUT2D eigenvalue weighted by atomic mass is 32.2. The molecule has 4 rings (SSSR count). The molecule has 0 aliphatic rings. The molecule has 1 aromatic heterocycles. The summed E-state index contributed by atoms with van der Waals surface area (Å²) in [4.78, 5) is 12.4. The van der Waals surface area contributed by atoms with E-state index in [9.17, 15) is 9.18 Å². The minimum absolute atomic E-state index is 0.0707. The van der Waals surface area contributed by atoms with Crippen molar-refractivity contribution in [3.05, 3.63) is 96.1 Å². The number of nitrogens with zero attached hydrogens (tertiary/aromatic N) is 3. The van der Waals surface area contributed by atoms with Crippen LogP contribution in [0.15, 0.2) is 84.0 Å². The van der Waals surface area contributed by atoms with Crippen LogP contribution in [-0.4, -0.2) is 33.5 Å². The molecule has 0 saturated carbocycles. The van der Waals surface area contributed by atoms with Gasteiger partial charge in [-0.05, 0) is 48.4 Å². The number of para-hydroxylation sites is 1. The minimum Gasteiger partial charge on any atom is -0.497 e. The number of amides is 1. The number of halogens is 1. The molecule has 0 fully saturated rings. The largest absolute Gasteiger partial charge is 0.497 e. The average molecular weight is 463 g/mol. The van der Waals surface area contributed by atoms with Crippen molar-refractivity contribution in [2.45, 2.75) is 18.0 Å². The van der Waals surface area contributed by atoms with Crippen molar-refractivity contribution >= 4 is 23.4 Å². The highest BCUT2D eigenvalue weighted by Crippen LogP contribution is 2.25. The van der Waals surface area contributed by atoms with Crippen LogP contribution < -0.4 is 10.1 Å². The molecular formula is C25H23FN4O2S. The molecule has 168 valence electrons. The van der Waals surface area contributed by atoms with E-state index in [1.54, 1.807) is 19.2 Å². The number of carbonyl (C=O) groups is 1. The van der Waals surface area contributed by atoms with E-state index in [2.05, 4.69) is 27.6 Å². The van der Waals surface area contributed by atoms with E-state index >= 15 is 0 Å². The summed E-state index contributed by atoms with van der Waals surface area (Å²) in [5.41, 5.74) is 2.24. The fourth-order valence-corrected chi connectivity index (χ4v) is 4.10. The summed E-state index contributed by atoms with van der Waals surface area (Å²) in [5.74, 6) is 0.819. The first-order valence-electron chi connectivity index (χ1n) is 10.4. The van der Waals surface area contributed by atoms with E-state index in [0.717, 1.165) is 23.7 Å². The number of hydrogen-bond donors (Lipinski definition) is 1. The van der Waals surface area contributed by atoms with Gasteiger partial charge in [-0.1, -0.05) is 54.2 Å². The lowest BCUT2D eigenvalue weighted by atomic mass is 10.1. The Morgan fingerprint density at radius 2 is 1.70 bits per heavy atom. The predicted octanol–water partition coefficient (Wildman–Crippen LogP) is 4.93. The summed E-state index contributed by atoms with van der Waals surface area (Å²) in [6.07, 6.45) is 1.50. The number of methoxy groups -OCH3 is 1. The number of aryl methyl sites for hydroxylation is 2. The fourth-order valence-electron chi connectivity index (χ4n) is 3.33. The maximum atomic E-state index is 13.8. The van der Waals surface area contributed by atoms with E-state index in [4.69, 9.17) is 4.74 Å². The van der Waals surface area contributed by atoms with Gasteiger partial charge in [-0.2, -0.15) is 0 Å². The summed E-state index contributed by atoms with van der Waals surface area (Å²) in [6.45, 7) is 0. The third kappa shape index (κ3) is 5.78. The van der Waals surface area contributed by atoms with Gasteiger partial charge in [-0.3, -0.25) is 9.36 Å². The normalized spacial score (nSPS) is 10.7. The summed E-state index contributed by atoms with van der Waals surface area (Å²) in [5, 5.41) is 11.9. The zero-order valence-corrected chi connectivity index (χ0v) is 18.9. The highest BCUT2D eigenvalue weighted by molar-refractivity contribution is 7.99. The minimum atomic E-state index is -0.472. The number of carbonyl (C=O) groups excluding carboxylic acids is 1. The molecule has 6 nitrogen and oxygen atoms in total. The number of anilines is 1. The summed E-state index contributed by atoms with van der Waals surface area (Å²) >= 11 is 1.25. The monoisotopic (exact) mass is 462 g/mol. The Morgan fingerprint density at radius 1 is 0.970 bits per heavy atom. The van der Waals surface area contributed by atoms with Crippen LogP contribution in [0.3, 0.4) is 0 Å². The third-order valence-electron chi connectivity index (χ3n) is 4.99. The van der Waals surface area contributed by atoms with Gasteiger partial charge in [-0.25, -0.2) is 4.39 Å². The van der Waals surface area contributed by atoms with Crippen LogP contribution in [0.5, 0.6) is 5.75 Å². The zero-order chi connectivity index (χ0) is 23.0. The predicted molar refractivity (Wildman–Crippen MR) is 128 cm³/mol. The molecule has 0 saturated heterocycles. The lowest BCUT2D eigenvalue weighted by molar-refractivity contribution is -0.113. The Morgan fingerprint density at radius 3 is 2.42 bits per heavy atom. The van der Waals surface area contributed by atoms with Crippen molar-refractivity contribution < 1.29 is 13.9 Å². The zero-order valence-electron chi connectivity index (χ0n) is 18.1. The molecule has 0 atom stereocenters. The van der Waals surface area contributed by atoms with Gasteiger partial charge in [0.25, 0.3) is 0 Å². The summed E-state index contributed by atoms with van der Waals surface area (Å²) in [7, 11) is 1.62. The van der Waals surface area contributed by atoms with E-state index in [1.807, 2.05) is 47.0 Å². The molecule has 1 amide bonds. The number of hydrogen-bond acceptors (Lipinski definition) is 5. The molecular weight excluding hydrogens is 439 g/mol. The van der Waals surface area contributed by atoms with Crippen molar-refractivity contribution in [1.82, 2.24) is 14.8 Å². The maximum absolute atomic E-state index is 13.8. The number of rotatable bonds is 9. The molecule has 0 aliphatic heterocycles. The standard InChI is InChI=1S/C25H23FN4O2S/c1-32-20-14-12-19(13-15-20)30-23(16-11-18-7-3-2-4-8-18)28-29-25(30)33-17-24(31)27-22-10-6-5-9-21(22)26/h2-10,12-15H,11,16-17H2,1H3,(H,27,31). The van der Waals surface area contributed by atoms with Gasteiger partial charge in [0.05, 0.1) is 18.6 Å². The molecule has 0 unspecified atom stereocenters. The van der Waals surface area contributed by atoms with Crippen molar-refractivity contribution in [1.29, 1.82) is 0 Å². The van der Waals surface area contributed by atoms with Crippen LogP contribution >= 0.6 is 11.8 Å². The van der Waals surface area contributed by atoms with Gasteiger partial charge in [0.2, 0.25) is 5.91 Å². The first-order valence-corrected chi connectivity index (χ1v) is 11.4.